The van der Waals surface area contributed by atoms with E-state index in [0.717, 1.165) is 11.3 Å². The molecule has 1 heterocycles. The zero-order chi connectivity index (χ0) is 39.4. The molecule has 0 N–H and O–H groups in total. The van der Waals surface area contributed by atoms with Gasteiger partial charge in [-0.25, -0.2) is 0 Å². The molecule has 5 aliphatic rings. The zero-order valence-corrected chi connectivity index (χ0v) is 39.5. The van der Waals surface area contributed by atoms with Crippen molar-refractivity contribution in [2.45, 2.75) is 192 Å². The first-order valence-corrected chi connectivity index (χ1v) is 28.3. The fourth-order valence-electron chi connectivity index (χ4n) is 12.9. The molecule has 1 saturated heterocycles. The van der Waals surface area contributed by atoms with Crippen LogP contribution in [0.4, 0.5) is 11.4 Å². The normalized spacial score (nSPS) is 27.1. The van der Waals surface area contributed by atoms with Gasteiger partial charge in [-0.1, -0.05) is 143 Å². The predicted octanol–water partition coefficient (Wildman–Crippen LogP) is 15.4. The molecule has 56 heavy (non-hydrogen) atoms. The first-order valence-electron chi connectivity index (χ1n) is 22.3. The number of aryl methyl sites for hydroxylation is 6. The molecule has 0 aromatic heterocycles. The molecule has 3 aromatic carbocycles. The monoisotopic (exact) mass is 900 g/mol. The summed E-state index contributed by atoms with van der Waals surface area (Å²) in [6, 6.07) is 22.7. The van der Waals surface area contributed by atoms with E-state index in [9.17, 15) is 0 Å². The van der Waals surface area contributed by atoms with E-state index in [1.54, 1.807) is 11.4 Å². The Morgan fingerprint density at radius 2 is 1.02 bits per heavy atom. The summed E-state index contributed by atoms with van der Waals surface area (Å²) in [5.74, 6) is 0. The molecule has 8 rings (SSSR count). The minimum absolute atomic E-state index is 0.137. The summed E-state index contributed by atoms with van der Waals surface area (Å²) < 4.78 is 0. The van der Waals surface area contributed by atoms with Crippen molar-refractivity contribution in [3.05, 3.63) is 99.1 Å². The molecular weight excluding hydrogens is 832 g/mol. The SMILES string of the molecule is Cc1cc(C)c(N2C3CCCCC3N(c3c(C)cc(C)cc3C)C2C2(P(C3CCCCC3)C3CCCCC3)CCCCC2=Cc2ccccc2)c(C)c1.[Cl][Ru][Cl]. The molecule has 4 saturated carbocycles. The van der Waals surface area contributed by atoms with Crippen molar-refractivity contribution >= 4 is 44.8 Å². The topological polar surface area (TPSA) is 6.48 Å². The third-order valence-electron chi connectivity index (χ3n) is 14.5. The fraction of sp³-hybridized carbons (Fsp3) is 0.600. The van der Waals surface area contributed by atoms with Gasteiger partial charge in [0.1, 0.15) is 6.17 Å². The number of hydrogen-bond acceptors (Lipinski definition) is 2. The van der Waals surface area contributed by atoms with Gasteiger partial charge in [0.05, 0.1) is 17.2 Å². The number of rotatable bonds is 7. The van der Waals surface area contributed by atoms with E-state index in [1.165, 1.54) is 155 Å². The van der Waals surface area contributed by atoms with Crippen molar-refractivity contribution in [2.75, 3.05) is 9.80 Å². The second-order valence-electron chi connectivity index (χ2n) is 18.4. The molecular formula is C50H69Cl2N2PRu. The van der Waals surface area contributed by atoms with Crippen LogP contribution in [-0.4, -0.2) is 34.7 Å². The molecule has 0 radical (unpaired) electrons. The number of nitrogens with zero attached hydrogens (tertiary/aromatic N) is 2. The van der Waals surface area contributed by atoms with Crippen molar-refractivity contribution < 1.29 is 15.1 Å². The van der Waals surface area contributed by atoms with Crippen molar-refractivity contribution in [3.8, 4) is 0 Å². The molecule has 0 spiro atoms. The van der Waals surface area contributed by atoms with Crippen LogP contribution in [0.2, 0.25) is 0 Å². The van der Waals surface area contributed by atoms with Gasteiger partial charge in [0.15, 0.2) is 0 Å². The second kappa shape index (κ2) is 19.3. The third kappa shape index (κ3) is 8.61. The Morgan fingerprint density at radius 3 is 1.46 bits per heavy atom. The molecule has 2 nitrogen and oxygen atoms in total. The number of hydrogen-bond donors (Lipinski definition) is 0. The summed E-state index contributed by atoms with van der Waals surface area (Å²) in [5, 5.41) is 0.137. The number of fused-ring (bicyclic) bond motifs is 1. The molecule has 6 heteroatoms. The van der Waals surface area contributed by atoms with Gasteiger partial charge >= 0.3 is 34.5 Å². The quantitative estimate of drug-likeness (QED) is 0.172. The summed E-state index contributed by atoms with van der Waals surface area (Å²) in [7, 11) is 9.40. The Hall–Kier alpha value is -1.37. The molecule has 1 aliphatic heterocycles. The average molecular weight is 901 g/mol. The molecule has 306 valence electrons. The van der Waals surface area contributed by atoms with E-state index in [1.807, 2.05) is 5.57 Å². The molecule has 3 aromatic rings. The van der Waals surface area contributed by atoms with Gasteiger partial charge in [-0.2, -0.15) is 0 Å². The maximum atomic E-state index is 4.85. The maximum absolute atomic E-state index is 4.85. The van der Waals surface area contributed by atoms with Gasteiger partial charge < -0.3 is 9.80 Å². The predicted molar refractivity (Wildman–Crippen MR) is 244 cm³/mol. The van der Waals surface area contributed by atoms with Crippen LogP contribution in [0.3, 0.4) is 0 Å². The minimum atomic E-state index is -0.346. The van der Waals surface area contributed by atoms with E-state index < -0.39 is 0 Å². The van der Waals surface area contributed by atoms with Crippen molar-refractivity contribution in [3.63, 3.8) is 0 Å². The number of halogens is 2. The van der Waals surface area contributed by atoms with Crippen LogP contribution in [0, 0.1) is 41.5 Å². The third-order valence-corrected chi connectivity index (χ3v) is 18.8. The molecule has 0 amide bonds. The van der Waals surface area contributed by atoms with Gasteiger partial charge in [0.25, 0.3) is 0 Å². The summed E-state index contributed by atoms with van der Waals surface area (Å²) in [6.07, 6.45) is 28.3. The number of anilines is 2. The summed E-state index contributed by atoms with van der Waals surface area (Å²) in [6.45, 7) is 14.4. The second-order valence-corrected chi connectivity index (χ2v) is 24.1. The van der Waals surface area contributed by atoms with Gasteiger partial charge in [-0.15, -0.1) is 0 Å². The van der Waals surface area contributed by atoms with Crippen LogP contribution in [-0.2, 0) is 15.1 Å². The van der Waals surface area contributed by atoms with Crippen molar-refractivity contribution in [1.29, 1.82) is 0 Å². The van der Waals surface area contributed by atoms with Crippen LogP contribution in [0.25, 0.3) is 6.08 Å². The van der Waals surface area contributed by atoms with Crippen LogP contribution in [0.1, 0.15) is 155 Å². The van der Waals surface area contributed by atoms with Crippen LogP contribution in [0.15, 0.2) is 60.2 Å². The summed E-state index contributed by atoms with van der Waals surface area (Å²) in [5.41, 5.74) is 17.0. The Morgan fingerprint density at radius 1 is 0.589 bits per heavy atom. The Bertz CT molecular complexity index is 1660. The van der Waals surface area contributed by atoms with E-state index >= 15 is 0 Å². The van der Waals surface area contributed by atoms with Crippen LogP contribution >= 0.6 is 27.3 Å². The first-order chi connectivity index (χ1) is 27.2. The van der Waals surface area contributed by atoms with E-state index in [0.29, 0.717) is 18.2 Å². The molecule has 4 aliphatic carbocycles. The fourth-order valence-corrected chi connectivity index (χ4v) is 18.0. The van der Waals surface area contributed by atoms with E-state index in [-0.39, 0.29) is 28.2 Å². The summed E-state index contributed by atoms with van der Waals surface area (Å²) >= 11 is -0.346. The molecule has 3 atom stereocenters. The van der Waals surface area contributed by atoms with Gasteiger partial charge in [0, 0.05) is 11.4 Å². The van der Waals surface area contributed by atoms with Gasteiger partial charge in [-0.3, -0.25) is 0 Å². The first kappa shape index (κ1) is 42.7. The van der Waals surface area contributed by atoms with Crippen LogP contribution in [0.5, 0.6) is 0 Å². The Kier molecular flexibility index (Phi) is 14.8. The molecule has 0 bridgehead atoms. The van der Waals surface area contributed by atoms with E-state index in [2.05, 4.69) is 112 Å². The van der Waals surface area contributed by atoms with E-state index in [4.69, 9.17) is 19.4 Å². The van der Waals surface area contributed by atoms with Crippen LogP contribution < -0.4 is 9.80 Å². The van der Waals surface area contributed by atoms with Gasteiger partial charge in [0.2, 0.25) is 0 Å². The standard InChI is InChI=1S/C50H69N2P.2ClH.Ru/c1-35-30-37(3)47(38(4)31-35)51-45-27-16-17-28-46(45)52(48-39(5)32-36(2)33-40(48)6)49(51)50(29-19-18-22-42(50)34-41-20-10-7-11-21-41)53(43-23-12-8-13-24-43)44-25-14-9-15-26-44;;;/h7,10-11,20-21,30-34,43-46,49H,8-9,12-19,22-29H2,1-6H3;2*1H;/q;;;+2/p-2. The molecule has 5 fully saturated rings. The Labute approximate surface area is 358 Å². The average Bonchev–Trinajstić information content (AvgIpc) is 3.51. The zero-order valence-electron chi connectivity index (χ0n) is 35.3. The van der Waals surface area contributed by atoms with Gasteiger partial charge in [-0.05, 0) is 138 Å². The van der Waals surface area contributed by atoms with Crippen molar-refractivity contribution in [2.24, 2.45) is 0 Å². The summed E-state index contributed by atoms with van der Waals surface area (Å²) in [4.78, 5) is 6.38. The molecule has 3 unspecified atom stereocenters. The Balaban J connectivity index is 0.00000155. The number of benzene rings is 3. The van der Waals surface area contributed by atoms with Crippen molar-refractivity contribution in [1.82, 2.24) is 0 Å².